The maximum Gasteiger partial charge on any atom is 0.416 e. The number of hydrogen-bond donors (Lipinski definition) is 1. The van der Waals surface area contributed by atoms with Gasteiger partial charge in [-0.25, -0.2) is 4.68 Å². The second kappa shape index (κ2) is 8.17. The predicted octanol–water partition coefficient (Wildman–Crippen LogP) is 4.55. The zero-order chi connectivity index (χ0) is 21.9. The molecule has 0 fully saturated rings. The highest BCUT2D eigenvalue weighted by Gasteiger charge is 2.37. The molecule has 30 heavy (non-hydrogen) atoms. The van der Waals surface area contributed by atoms with Gasteiger partial charge in [-0.05, 0) is 23.8 Å². The Labute approximate surface area is 166 Å². The molecule has 0 saturated heterocycles. The van der Waals surface area contributed by atoms with E-state index in [1.165, 1.54) is 10.9 Å². The minimum atomic E-state index is -5.00. The number of carbonyl (C=O) groups excluding carboxylic acids is 1. The lowest BCUT2D eigenvalue weighted by atomic mass is 10.1. The number of nitrogens with zero attached hydrogens (tertiary/aromatic N) is 3. The third-order valence-corrected chi connectivity index (χ3v) is 3.99. The van der Waals surface area contributed by atoms with Gasteiger partial charge in [0.25, 0.3) is 0 Å². The molecular weight excluding hydrogens is 414 g/mol. The Morgan fingerprint density at radius 3 is 2.10 bits per heavy atom. The van der Waals surface area contributed by atoms with Crippen LogP contribution in [0.4, 0.5) is 32.0 Å². The van der Waals surface area contributed by atoms with E-state index in [-0.39, 0.29) is 18.2 Å². The van der Waals surface area contributed by atoms with Crippen molar-refractivity contribution < 1.29 is 31.1 Å². The Morgan fingerprint density at radius 2 is 1.53 bits per heavy atom. The molecule has 1 aromatic heterocycles. The summed E-state index contributed by atoms with van der Waals surface area (Å²) in [5, 5.41) is 9.71. The minimum absolute atomic E-state index is 0.00910. The second-order valence-electron chi connectivity index (χ2n) is 6.41. The van der Waals surface area contributed by atoms with Gasteiger partial charge in [-0.1, -0.05) is 35.5 Å². The van der Waals surface area contributed by atoms with E-state index in [1.807, 2.05) is 30.3 Å². The smallest absolute Gasteiger partial charge is 0.326 e. The van der Waals surface area contributed by atoms with Gasteiger partial charge in [0.05, 0.1) is 29.8 Å². The Kier molecular flexibility index (Phi) is 5.81. The van der Waals surface area contributed by atoms with E-state index in [9.17, 15) is 31.1 Å². The number of anilines is 1. The maximum absolute atomic E-state index is 12.9. The molecule has 1 amide bonds. The fourth-order valence-electron chi connectivity index (χ4n) is 2.66. The van der Waals surface area contributed by atoms with Crippen LogP contribution in [0.25, 0.3) is 0 Å². The van der Waals surface area contributed by atoms with Crippen LogP contribution in [0.1, 0.15) is 22.4 Å². The van der Waals surface area contributed by atoms with Crippen molar-refractivity contribution in [1.29, 1.82) is 0 Å². The number of carbonyl (C=O) groups is 1. The lowest BCUT2D eigenvalue weighted by Crippen LogP contribution is -2.17. The first-order valence-electron chi connectivity index (χ1n) is 8.53. The number of amides is 1. The van der Waals surface area contributed by atoms with Crippen LogP contribution in [0, 0.1) is 0 Å². The fraction of sp³-hybridized carbons (Fsp3) is 0.211. The van der Waals surface area contributed by atoms with E-state index >= 15 is 0 Å². The molecule has 0 atom stereocenters. The molecule has 0 unspecified atom stereocenters. The fourth-order valence-corrected chi connectivity index (χ4v) is 2.66. The molecule has 2 aromatic carbocycles. The van der Waals surface area contributed by atoms with E-state index in [0.29, 0.717) is 18.7 Å². The summed E-state index contributed by atoms with van der Waals surface area (Å²) >= 11 is 0. The summed E-state index contributed by atoms with van der Waals surface area (Å²) in [6.07, 6.45) is -8.89. The van der Waals surface area contributed by atoms with Crippen molar-refractivity contribution in [1.82, 2.24) is 15.0 Å². The average molecular weight is 428 g/mol. The molecule has 11 heteroatoms. The predicted molar refractivity (Wildman–Crippen MR) is 94.3 cm³/mol. The molecule has 3 aromatic rings. The summed E-state index contributed by atoms with van der Waals surface area (Å²) < 4.78 is 78.9. The number of halogens is 6. The standard InChI is InChI=1S/C19H14F6N4O/c20-18(21,22)13-6-14(19(23,24)25)8-15(7-13)26-17(30)9-16-11-29(28-27-16)10-12-4-2-1-3-5-12/h1-8,11H,9-10H2,(H,26,30). The van der Waals surface area contributed by atoms with Crippen LogP contribution in [-0.2, 0) is 30.1 Å². The van der Waals surface area contributed by atoms with Crippen molar-refractivity contribution in [2.45, 2.75) is 25.3 Å². The molecular formula is C19H14F6N4O. The van der Waals surface area contributed by atoms with Crippen LogP contribution in [-0.4, -0.2) is 20.9 Å². The van der Waals surface area contributed by atoms with Crippen LogP contribution in [0.2, 0.25) is 0 Å². The molecule has 0 spiro atoms. The van der Waals surface area contributed by atoms with Gasteiger partial charge >= 0.3 is 12.4 Å². The molecule has 0 aliphatic heterocycles. The summed E-state index contributed by atoms with van der Waals surface area (Å²) in [5.41, 5.74) is -2.49. The van der Waals surface area contributed by atoms with Gasteiger partial charge in [0.15, 0.2) is 0 Å². The van der Waals surface area contributed by atoms with Crippen LogP contribution in [0.15, 0.2) is 54.7 Å². The van der Waals surface area contributed by atoms with Crippen LogP contribution >= 0.6 is 0 Å². The van der Waals surface area contributed by atoms with Crippen LogP contribution in [0.5, 0.6) is 0 Å². The third kappa shape index (κ3) is 5.58. The van der Waals surface area contributed by atoms with Crippen molar-refractivity contribution in [3.05, 3.63) is 77.1 Å². The van der Waals surface area contributed by atoms with E-state index in [0.717, 1.165) is 5.56 Å². The van der Waals surface area contributed by atoms with Crippen molar-refractivity contribution in [3.63, 3.8) is 0 Å². The molecule has 0 aliphatic rings. The first-order chi connectivity index (χ1) is 14.0. The first kappa shape index (κ1) is 21.3. The number of hydrogen-bond acceptors (Lipinski definition) is 3. The maximum atomic E-state index is 12.9. The molecule has 0 radical (unpaired) electrons. The van der Waals surface area contributed by atoms with Crippen LogP contribution in [0.3, 0.4) is 0 Å². The zero-order valence-corrected chi connectivity index (χ0v) is 15.1. The summed E-state index contributed by atoms with van der Waals surface area (Å²) in [6, 6.07) is 10.1. The van der Waals surface area contributed by atoms with Crippen molar-refractivity contribution in [2.24, 2.45) is 0 Å². The molecule has 1 N–H and O–H groups in total. The number of aromatic nitrogens is 3. The molecule has 5 nitrogen and oxygen atoms in total. The SMILES string of the molecule is O=C(Cc1cn(Cc2ccccc2)nn1)Nc1cc(C(F)(F)F)cc(C(F)(F)F)c1. The van der Waals surface area contributed by atoms with Gasteiger partial charge in [0.2, 0.25) is 5.91 Å². The van der Waals surface area contributed by atoms with Gasteiger partial charge in [-0.15, -0.1) is 5.10 Å². The Morgan fingerprint density at radius 1 is 0.933 bits per heavy atom. The lowest BCUT2D eigenvalue weighted by Gasteiger charge is -2.14. The van der Waals surface area contributed by atoms with Crippen molar-refractivity contribution in [2.75, 3.05) is 5.32 Å². The number of rotatable bonds is 5. The van der Waals surface area contributed by atoms with Gasteiger partial charge in [-0.3, -0.25) is 4.79 Å². The zero-order valence-electron chi connectivity index (χ0n) is 15.1. The Hall–Kier alpha value is -3.37. The molecule has 0 bridgehead atoms. The Balaban J connectivity index is 1.72. The normalized spacial score (nSPS) is 12.1. The minimum Gasteiger partial charge on any atom is -0.326 e. The molecule has 158 valence electrons. The highest BCUT2D eigenvalue weighted by atomic mass is 19.4. The first-order valence-corrected chi connectivity index (χ1v) is 8.53. The lowest BCUT2D eigenvalue weighted by molar-refractivity contribution is -0.143. The van der Waals surface area contributed by atoms with E-state index in [4.69, 9.17) is 0 Å². The second-order valence-corrected chi connectivity index (χ2v) is 6.41. The number of benzene rings is 2. The summed E-state index contributed by atoms with van der Waals surface area (Å²) in [7, 11) is 0. The van der Waals surface area contributed by atoms with E-state index in [1.54, 1.807) is 0 Å². The summed E-state index contributed by atoms with van der Waals surface area (Å²) in [6.45, 7) is 0.387. The number of alkyl halides is 6. The molecule has 3 rings (SSSR count). The molecule has 0 aliphatic carbocycles. The topological polar surface area (TPSA) is 59.8 Å². The van der Waals surface area contributed by atoms with Gasteiger partial charge in [0.1, 0.15) is 0 Å². The average Bonchev–Trinajstić information content (AvgIpc) is 3.07. The monoisotopic (exact) mass is 428 g/mol. The van der Waals surface area contributed by atoms with Crippen LogP contribution < -0.4 is 5.32 Å². The van der Waals surface area contributed by atoms with E-state index < -0.39 is 35.1 Å². The quantitative estimate of drug-likeness (QED) is 0.607. The van der Waals surface area contributed by atoms with Gasteiger partial charge in [-0.2, -0.15) is 26.3 Å². The number of nitrogens with one attached hydrogen (secondary N) is 1. The molecule has 1 heterocycles. The van der Waals surface area contributed by atoms with Crippen molar-refractivity contribution in [3.8, 4) is 0 Å². The van der Waals surface area contributed by atoms with E-state index in [2.05, 4.69) is 15.6 Å². The van der Waals surface area contributed by atoms with Gasteiger partial charge < -0.3 is 5.32 Å². The highest BCUT2D eigenvalue weighted by molar-refractivity contribution is 5.92. The Bertz CT molecular complexity index is 995. The third-order valence-electron chi connectivity index (χ3n) is 3.99. The van der Waals surface area contributed by atoms with Crippen molar-refractivity contribution >= 4 is 11.6 Å². The molecule has 0 saturated carbocycles. The largest absolute Gasteiger partial charge is 0.416 e. The summed E-state index contributed by atoms with van der Waals surface area (Å²) in [5.74, 6) is -0.825. The summed E-state index contributed by atoms with van der Waals surface area (Å²) in [4.78, 5) is 12.1. The highest BCUT2D eigenvalue weighted by Crippen LogP contribution is 2.37. The van der Waals surface area contributed by atoms with Gasteiger partial charge in [0, 0.05) is 11.9 Å².